The number of nitro benzene ring substituents is 1. The Balaban J connectivity index is 3.15. The topological polar surface area (TPSA) is 113 Å². The molecule has 0 fully saturated rings. The van der Waals surface area contributed by atoms with Crippen LogP contribution in [0.1, 0.15) is 17.3 Å². The Hall–Kier alpha value is -1.41. The Bertz CT molecular complexity index is 546. The van der Waals surface area contributed by atoms with E-state index in [-0.39, 0.29) is 15.6 Å². The first-order valence-corrected chi connectivity index (χ1v) is 6.17. The highest BCUT2D eigenvalue weighted by Gasteiger charge is 2.27. The van der Waals surface area contributed by atoms with E-state index < -0.39 is 35.3 Å². The van der Waals surface area contributed by atoms with Gasteiger partial charge in [-0.15, -0.1) is 0 Å². The standard InChI is InChI=1S/C11H12Cl2N2O5/c1-11(4-16,5-17)14-10(18)6-2-7(12)9(13)8(3-6)15(19)20/h2-3,16-17H,4-5H2,1H3,(H,14,18). The highest BCUT2D eigenvalue weighted by molar-refractivity contribution is 6.43. The number of aliphatic hydroxyl groups is 2. The number of amides is 1. The largest absolute Gasteiger partial charge is 0.394 e. The van der Waals surface area contributed by atoms with E-state index in [4.69, 9.17) is 33.4 Å². The van der Waals surface area contributed by atoms with Gasteiger partial charge in [-0.25, -0.2) is 0 Å². The van der Waals surface area contributed by atoms with Crippen LogP contribution in [0.2, 0.25) is 10.0 Å². The summed E-state index contributed by atoms with van der Waals surface area (Å²) in [6.07, 6.45) is 0. The van der Waals surface area contributed by atoms with Crippen molar-refractivity contribution in [1.29, 1.82) is 0 Å². The third kappa shape index (κ3) is 3.57. The summed E-state index contributed by atoms with van der Waals surface area (Å²) in [5.41, 5.74) is -1.85. The fourth-order valence-corrected chi connectivity index (χ4v) is 1.71. The molecule has 0 heterocycles. The second-order valence-corrected chi connectivity index (χ2v) is 5.16. The number of nitro groups is 1. The van der Waals surface area contributed by atoms with Gasteiger partial charge in [0.1, 0.15) is 5.02 Å². The van der Waals surface area contributed by atoms with Gasteiger partial charge in [0, 0.05) is 11.6 Å². The first-order chi connectivity index (χ1) is 9.24. The molecule has 1 aromatic rings. The summed E-state index contributed by atoms with van der Waals surface area (Å²) in [4.78, 5) is 22.0. The number of hydrogen-bond donors (Lipinski definition) is 3. The van der Waals surface area contributed by atoms with Crippen LogP contribution in [0.4, 0.5) is 5.69 Å². The molecule has 0 aliphatic heterocycles. The fraction of sp³-hybridized carbons (Fsp3) is 0.364. The second kappa shape index (κ2) is 6.36. The van der Waals surface area contributed by atoms with Gasteiger partial charge >= 0.3 is 0 Å². The van der Waals surface area contributed by atoms with Crippen molar-refractivity contribution in [1.82, 2.24) is 5.32 Å². The van der Waals surface area contributed by atoms with E-state index in [9.17, 15) is 14.9 Å². The molecule has 1 amide bonds. The summed E-state index contributed by atoms with van der Waals surface area (Å²) < 4.78 is 0. The second-order valence-electron chi connectivity index (χ2n) is 4.38. The van der Waals surface area contributed by atoms with Crippen molar-refractivity contribution >= 4 is 34.8 Å². The summed E-state index contributed by atoms with van der Waals surface area (Å²) in [6.45, 7) is 0.411. The Morgan fingerprint density at radius 2 is 1.95 bits per heavy atom. The summed E-state index contributed by atoms with van der Waals surface area (Å²) in [5.74, 6) is -0.725. The number of carbonyl (C=O) groups is 1. The van der Waals surface area contributed by atoms with Crippen molar-refractivity contribution in [3.05, 3.63) is 37.9 Å². The van der Waals surface area contributed by atoms with Crippen LogP contribution in [0, 0.1) is 10.1 Å². The molecular formula is C11H12Cl2N2O5. The molecule has 3 N–H and O–H groups in total. The highest BCUT2D eigenvalue weighted by Crippen LogP contribution is 2.33. The molecule has 110 valence electrons. The predicted octanol–water partition coefficient (Wildman–Crippen LogP) is 1.37. The van der Waals surface area contributed by atoms with Gasteiger partial charge in [-0.2, -0.15) is 0 Å². The van der Waals surface area contributed by atoms with E-state index in [1.54, 1.807) is 0 Å². The Labute approximate surface area is 124 Å². The third-order valence-electron chi connectivity index (χ3n) is 2.58. The Kier molecular flexibility index (Phi) is 5.29. The molecule has 1 rings (SSSR count). The van der Waals surface area contributed by atoms with Gasteiger partial charge in [-0.1, -0.05) is 23.2 Å². The van der Waals surface area contributed by atoms with Gasteiger partial charge in [-0.05, 0) is 13.0 Å². The van der Waals surface area contributed by atoms with Crippen LogP contribution in [0.25, 0.3) is 0 Å². The molecule has 0 aliphatic rings. The molecule has 0 aromatic heterocycles. The zero-order valence-electron chi connectivity index (χ0n) is 10.4. The number of aliphatic hydroxyl groups excluding tert-OH is 2. The average molecular weight is 323 g/mol. The molecule has 0 saturated heterocycles. The van der Waals surface area contributed by atoms with Gasteiger partial charge in [0.2, 0.25) is 0 Å². The predicted molar refractivity (Wildman–Crippen MR) is 73.2 cm³/mol. The molecule has 0 unspecified atom stereocenters. The number of nitrogens with one attached hydrogen (secondary N) is 1. The lowest BCUT2D eigenvalue weighted by atomic mass is 10.0. The van der Waals surface area contributed by atoms with E-state index in [2.05, 4.69) is 5.32 Å². The van der Waals surface area contributed by atoms with Crippen LogP contribution in [-0.2, 0) is 0 Å². The van der Waals surface area contributed by atoms with Crippen LogP contribution in [-0.4, -0.2) is 39.8 Å². The number of hydrogen-bond acceptors (Lipinski definition) is 5. The minimum Gasteiger partial charge on any atom is -0.394 e. The Morgan fingerprint density at radius 3 is 2.40 bits per heavy atom. The van der Waals surface area contributed by atoms with Crippen molar-refractivity contribution in [3.63, 3.8) is 0 Å². The first-order valence-electron chi connectivity index (χ1n) is 5.42. The molecule has 20 heavy (non-hydrogen) atoms. The summed E-state index contributed by atoms with van der Waals surface area (Å²) in [5, 5.41) is 30.9. The Morgan fingerprint density at radius 1 is 1.40 bits per heavy atom. The van der Waals surface area contributed by atoms with E-state index >= 15 is 0 Å². The minimum atomic E-state index is -1.25. The van der Waals surface area contributed by atoms with Gasteiger partial charge in [0.15, 0.2) is 0 Å². The lowest BCUT2D eigenvalue weighted by molar-refractivity contribution is -0.384. The molecule has 9 heteroatoms. The summed E-state index contributed by atoms with van der Waals surface area (Å²) in [6, 6.07) is 2.14. The van der Waals surface area contributed by atoms with Crippen molar-refractivity contribution in [3.8, 4) is 0 Å². The number of benzene rings is 1. The lowest BCUT2D eigenvalue weighted by Gasteiger charge is -2.26. The lowest BCUT2D eigenvalue weighted by Crippen LogP contribution is -2.51. The molecule has 0 spiro atoms. The van der Waals surface area contributed by atoms with E-state index in [1.165, 1.54) is 13.0 Å². The maximum absolute atomic E-state index is 12.0. The van der Waals surface area contributed by atoms with Gasteiger partial charge < -0.3 is 15.5 Å². The van der Waals surface area contributed by atoms with Crippen molar-refractivity contribution in [2.45, 2.75) is 12.5 Å². The minimum absolute atomic E-state index is 0.0979. The first kappa shape index (κ1) is 16.6. The zero-order valence-corrected chi connectivity index (χ0v) is 11.9. The SMILES string of the molecule is CC(CO)(CO)NC(=O)c1cc(Cl)c(Cl)c([N+](=O)[O-])c1. The van der Waals surface area contributed by atoms with Crippen LogP contribution in [0.3, 0.4) is 0 Å². The van der Waals surface area contributed by atoms with E-state index in [0.29, 0.717) is 0 Å². The number of nitrogens with zero attached hydrogens (tertiary/aromatic N) is 1. The molecule has 7 nitrogen and oxygen atoms in total. The molecule has 0 radical (unpaired) electrons. The fourth-order valence-electron chi connectivity index (χ4n) is 1.31. The molecule has 0 saturated carbocycles. The maximum Gasteiger partial charge on any atom is 0.290 e. The number of rotatable bonds is 5. The smallest absolute Gasteiger partial charge is 0.290 e. The summed E-state index contributed by atoms with van der Waals surface area (Å²) >= 11 is 11.4. The monoisotopic (exact) mass is 322 g/mol. The highest BCUT2D eigenvalue weighted by atomic mass is 35.5. The van der Waals surface area contributed by atoms with Gasteiger partial charge in [0.05, 0.1) is 28.7 Å². The molecule has 1 aromatic carbocycles. The normalized spacial score (nSPS) is 11.2. The van der Waals surface area contributed by atoms with Gasteiger partial charge in [-0.3, -0.25) is 14.9 Å². The molecule has 0 aliphatic carbocycles. The van der Waals surface area contributed by atoms with Crippen molar-refractivity contribution < 1.29 is 19.9 Å². The van der Waals surface area contributed by atoms with Crippen LogP contribution < -0.4 is 5.32 Å². The maximum atomic E-state index is 12.0. The van der Waals surface area contributed by atoms with Gasteiger partial charge in [0.25, 0.3) is 11.6 Å². The zero-order chi connectivity index (χ0) is 15.5. The van der Waals surface area contributed by atoms with Crippen LogP contribution in [0.15, 0.2) is 12.1 Å². The van der Waals surface area contributed by atoms with E-state index in [0.717, 1.165) is 6.07 Å². The number of carbonyl (C=O) groups excluding carboxylic acids is 1. The third-order valence-corrected chi connectivity index (χ3v) is 3.37. The molecule has 0 bridgehead atoms. The van der Waals surface area contributed by atoms with Crippen molar-refractivity contribution in [2.75, 3.05) is 13.2 Å². The molecular weight excluding hydrogens is 311 g/mol. The average Bonchev–Trinajstić information content (AvgIpc) is 2.40. The van der Waals surface area contributed by atoms with Crippen molar-refractivity contribution in [2.24, 2.45) is 0 Å². The quantitative estimate of drug-likeness (QED) is 0.559. The van der Waals surface area contributed by atoms with Crippen LogP contribution >= 0.6 is 23.2 Å². The number of halogens is 2. The van der Waals surface area contributed by atoms with Crippen LogP contribution in [0.5, 0.6) is 0 Å². The van der Waals surface area contributed by atoms with E-state index in [1.807, 2.05) is 0 Å². The molecule has 0 atom stereocenters. The summed E-state index contributed by atoms with van der Waals surface area (Å²) in [7, 11) is 0.